The highest BCUT2D eigenvalue weighted by molar-refractivity contribution is 5.65. The van der Waals surface area contributed by atoms with E-state index in [9.17, 15) is 9.90 Å². The van der Waals surface area contributed by atoms with Crippen molar-refractivity contribution in [1.82, 2.24) is 0 Å². The second-order valence-electron chi connectivity index (χ2n) is 5.74. The number of hydrogen-bond acceptors (Lipinski definition) is 4. The van der Waals surface area contributed by atoms with Gasteiger partial charge in [0.1, 0.15) is 5.75 Å². The highest BCUT2D eigenvalue weighted by atomic mass is 16.5. The molecule has 1 rings (SSSR count). The maximum atomic E-state index is 9.82. The minimum Gasteiger partial charge on any atom is -0.508 e. The minimum absolute atomic E-state index is 0.211. The van der Waals surface area contributed by atoms with Crippen molar-refractivity contribution in [2.45, 2.75) is 79.1 Å². The number of para-hydroxylation sites is 1. The van der Waals surface area contributed by atoms with E-state index in [0.29, 0.717) is 12.4 Å². The molecule has 0 saturated carbocycles. The molecule has 0 atom stereocenters. The molecule has 0 saturated heterocycles. The average Bonchev–Trinajstić information content (AvgIpc) is 2.57. The maximum Gasteiger partial charge on any atom is 0.302 e. The Labute approximate surface area is 154 Å². The summed E-state index contributed by atoms with van der Waals surface area (Å²) in [7, 11) is 0. The van der Waals surface area contributed by atoms with Crippen molar-refractivity contribution in [2.24, 2.45) is 0 Å². The number of hydrogen-bond donors (Lipinski definition) is 2. The largest absolute Gasteiger partial charge is 0.508 e. The van der Waals surface area contributed by atoms with Gasteiger partial charge in [0.2, 0.25) is 0 Å². The summed E-state index contributed by atoms with van der Waals surface area (Å²) in [4.78, 5) is 9.82. The number of phenolic OH excluding ortho intramolecular Hbond substituents is 1. The van der Waals surface area contributed by atoms with E-state index < -0.39 is 0 Å². The van der Waals surface area contributed by atoms with Gasteiger partial charge in [0.25, 0.3) is 0 Å². The van der Waals surface area contributed by atoms with E-state index in [1.807, 2.05) is 18.2 Å². The summed E-state index contributed by atoms with van der Waals surface area (Å²) in [6.07, 6.45) is 10.3. The number of aliphatic hydroxyl groups excluding tert-OH is 1. The highest BCUT2D eigenvalue weighted by Crippen LogP contribution is 2.18. The van der Waals surface area contributed by atoms with Crippen molar-refractivity contribution in [3.05, 3.63) is 29.8 Å². The standard InChI is InChI=1S/C15H24O.C4H8O2.C2H6O/c1-2-3-4-5-6-7-8-11-14-12-9-10-13-15(14)16;1-3-6-4(2)5;1-2-3/h9-10,12-13,16H,2-8,11H2,1H3;3H2,1-2H3;3H,2H2,1H3. The number of phenols is 1. The number of esters is 1. The molecule has 4 nitrogen and oxygen atoms in total. The molecular weight excluding hydrogens is 316 g/mol. The molecular formula is C21H38O4. The summed E-state index contributed by atoms with van der Waals surface area (Å²) in [5.74, 6) is 0.242. The SMILES string of the molecule is CCCCCCCCCc1ccccc1O.CCO.CCOC(C)=O. The lowest BCUT2D eigenvalue weighted by Crippen LogP contribution is -1.95. The van der Waals surface area contributed by atoms with Gasteiger partial charge >= 0.3 is 5.97 Å². The summed E-state index contributed by atoms with van der Waals surface area (Å²) >= 11 is 0. The lowest BCUT2D eigenvalue weighted by molar-refractivity contribution is -0.140. The summed E-state index contributed by atoms with van der Waals surface area (Å²) in [6, 6.07) is 7.67. The Morgan fingerprint density at radius 3 is 1.92 bits per heavy atom. The Hall–Kier alpha value is -1.55. The predicted molar refractivity (Wildman–Crippen MR) is 105 cm³/mol. The van der Waals surface area contributed by atoms with Crippen molar-refractivity contribution < 1.29 is 19.7 Å². The number of carbonyl (C=O) groups is 1. The van der Waals surface area contributed by atoms with Gasteiger partial charge in [0.05, 0.1) is 6.61 Å². The van der Waals surface area contributed by atoms with E-state index in [1.54, 1.807) is 19.9 Å². The van der Waals surface area contributed by atoms with Crippen molar-refractivity contribution in [1.29, 1.82) is 0 Å². The summed E-state index contributed by atoms with van der Waals surface area (Å²) in [6.45, 7) is 7.83. The van der Waals surface area contributed by atoms with E-state index in [0.717, 1.165) is 12.0 Å². The van der Waals surface area contributed by atoms with E-state index in [1.165, 1.54) is 51.9 Å². The van der Waals surface area contributed by atoms with Crippen molar-refractivity contribution >= 4 is 5.97 Å². The van der Waals surface area contributed by atoms with E-state index >= 15 is 0 Å². The maximum absolute atomic E-state index is 9.82. The van der Waals surface area contributed by atoms with Crippen molar-refractivity contribution in [3.63, 3.8) is 0 Å². The Balaban J connectivity index is 0. The lowest BCUT2D eigenvalue weighted by Gasteiger charge is -2.04. The third-order valence-corrected chi connectivity index (χ3v) is 3.39. The third-order valence-electron chi connectivity index (χ3n) is 3.39. The predicted octanol–water partition coefficient (Wildman–Crippen LogP) is 5.25. The van der Waals surface area contributed by atoms with Crippen LogP contribution in [0.1, 0.15) is 78.2 Å². The smallest absolute Gasteiger partial charge is 0.302 e. The highest BCUT2D eigenvalue weighted by Gasteiger charge is 1.98. The van der Waals surface area contributed by atoms with Crippen LogP contribution in [0.5, 0.6) is 5.75 Å². The molecule has 0 radical (unpaired) electrons. The van der Waals surface area contributed by atoms with Gasteiger partial charge in [-0.2, -0.15) is 0 Å². The van der Waals surface area contributed by atoms with Crippen LogP contribution in [0, 0.1) is 0 Å². The topological polar surface area (TPSA) is 66.8 Å². The first kappa shape index (κ1) is 25.7. The molecule has 25 heavy (non-hydrogen) atoms. The van der Waals surface area contributed by atoms with Gasteiger partial charge in [0, 0.05) is 13.5 Å². The van der Waals surface area contributed by atoms with Crippen LogP contribution in [-0.4, -0.2) is 29.4 Å². The molecule has 0 aromatic heterocycles. The van der Waals surface area contributed by atoms with Crippen LogP contribution in [0.25, 0.3) is 0 Å². The van der Waals surface area contributed by atoms with Gasteiger partial charge in [-0.1, -0.05) is 63.6 Å². The molecule has 0 bridgehead atoms. The Morgan fingerprint density at radius 1 is 0.960 bits per heavy atom. The molecule has 146 valence electrons. The van der Waals surface area contributed by atoms with Crippen molar-refractivity contribution in [3.8, 4) is 5.75 Å². The number of rotatable bonds is 9. The number of carbonyl (C=O) groups excluding carboxylic acids is 1. The first-order valence-electron chi connectivity index (χ1n) is 9.54. The van der Waals surface area contributed by atoms with Gasteiger partial charge in [0.15, 0.2) is 0 Å². The second kappa shape index (κ2) is 20.5. The van der Waals surface area contributed by atoms with Gasteiger partial charge in [-0.25, -0.2) is 0 Å². The van der Waals surface area contributed by atoms with Crippen LogP contribution in [0.4, 0.5) is 0 Å². The van der Waals surface area contributed by atoms with Gasteiger partial charge < -0.3 is 14.9 Å². The van der Waals surface area contributed by atoms with E-state index in [-0.39, 0.29) is 12.6 Å². The molecule has 0 spiro atoms. The normalized spacial score (nSPS) is 9.32. The summed E-state index contributed by atoms with van der Waals surface area (Å²) < 4.78 is 4.40. The van der Waals surface area contributed by atoms with E-state index in [4.69, 9.17) is 5.11 Å². The molecule has 4 heteroatoms. The summed E-state index contributed by atoms with van der Waals surface area (Å²) in [5.41, 5.74) is 1.09. The number of ether oxygens (including phenoxy) is 1. The molecule has 0 amide bonds. The van der Waals surface area contributed by atoms with Crippen LogP contribution < -0.4 is 0 Å². The third kappa shape index (κ3) is 20.4. The molecule has 1 aromatic rings. The fraction of sp³-hybridized carbons (Fsp3) is 0.667. The van der Waals surface area contributed by atoms with E-state index in [2.05, 4.69) is 11.7 Å². The molecule has 0 unspecified atom stereocenters. The van der Waals surface area contributed by atoms with Crippen LogP contribution in [0.3, 0.4) is 0 Å². The fourth-order valence-corrected chi connectivity index (χ4v) is 2.20. The number of unbranched alkanes of at least 4 members (excludes halogenated alkanes) is 6. The Bertz CT molecular complexity index is 405. The Morgan fingerprint density at radius 2 is 1.48 bits per heavy atom. The zero-order valence-corrected chi connectivity index (χ0v) is 16.6. The van der Waals surface area contributed by atoms with Crippen LogP contribution in [0.15, 0.2) is 24.3 Å². The number of aliphatic hydroxyl groups is 1. The molecule has 0 aliphatic heterocycles. The molecule has 0 fully saturated rings. The number of aryl methyl sites for hydroxylation is 1. The Kier molecular flexibility index (Phi) is 21.1. The molecule has 2 N–H and O–H groups in total. The molecule has 1 aromatic carbocycles. The molecule has 0 heterocycles. The lowest BCUT2D eigenvalue weighted by atomic mass is 10.0. The van der Waals surface area contributed by atoms with Crippen LogP contribution >= 0.6 is 0 Å². The molecule has 0 aliphatic rings. The minimum atomic E-state index is -0.211. The fourth-order valence-electron chi connectivity index (χ4n) is 2.20. The zero-order chi connectivity index (χ0) is 19.3. The number of aromatic hydroxyl groups is 1. The monoisotopic (exact) mass is 354 g/mol. The number of benzene rings is 1. The van der Waals surface area contributed by atoms with Gasteiger partial charge in [-0.15, -0.1) is 0 Å². The van der Waals surface area contributed by atoms with Gasteiger partial charge in [-0.05, 0) is 38.3 Å². The van der Waals surface area contributed by atoms with Gasteiger partial charge in [-0.3, -0.25) is 4.79 Å². The van der Waals surface area contributed by atoms with Crippen molar-refractivity contribution in [2.75, 3.05) is 13.2 Å². The van der Waals surface area contributed by atoms with Crippen LogP contribution in [0.2, 0.25) is 0 Å². The first-order chi connectivity index (χ1) is 12.0. The second-order valence-corrected chi connectivity index (χ2v) is 5.74. The first-order valence-corrected chi connectivity index (χ1v) is 9.54. The average molecular weight is 355 g/mol. The zero-order valence-electron chi connectivity index (χ0n) is 16.6. The van der Waals surface area contributed by atoms with Crippen LogP contribution in [-0.2, 0) is 16.0 Å². The molecule has 0 aliphatic carbocycles. The summed E-state index contributed by atoms with van der Waals surface area (Å²) in [5, 5.41) is 17.2. The quantitative estimate of drug-likeness (QED) is 0.469.